The van der Waals surface area contributed by atoms with Gasteiger partial charge in [-0.25, -0.2) is 0 Å². The van der Waals surface area contributed by atoms with Crippen LogP contribution in [0.4, 0.5) is 0 Å². The van der Waals surface area contributed by atoms with Crippen LogP contribution in [0.3, 0.4) is 0 Å². The third-order valence-corrected chi connectivity index (χ3v) is 3.25. The first-order valence-electron chi connectivity index (χ1n) is 5.97. The molecule has 1 saturated heterocycles. The molecule has 3 nitrogen and oxygen atoms in total. The minimum absolute atomic E-state index is 0.501. The SMILES string of the molecule is c1ccc(C2=NN3CCCCC3CO2)cc1. The first-order chi connectivity index (χ1) is 7.93. The van der Waals surface area contributed by atoms with Gasteiger partial charge in [-0.3, -0.25) is 5.01 Å². The Labute approximate surface area is 95.7 Å². The van der Waals surface area contributed by atoms with Gasteiger partial charge < -0.3 is 4.74 Å². The molecule has 0 saturated carbocycles. The third-order valence-electron chi connectivity index (χ3n) is 3.25. The smallest absolute Gasteiger partial charge is 0.238 e. The van der Waals surface area contributed by atoms with Gasteiger partial charge >= 0.3 is 0 Å². The zero-order valence-electron chi connectivity index (χ0n) is 9.30. The Hall–Kier alpha value is -1.51. The molecule has 2 aliphatic rings. The van der Waals surface area contributed by atoms with Crippen LogP contribution in [-0.4, -0.2) is 30.1 Å². The summed E-state index contributed by atoms with van der Waals surface area (Å²) in [6, 6.07) is 10.6. The molecule has 1 atom stereocenters. The molecule has 3 heteroatoms. The van der Waals surface area contributed by atoms with Crippen LogP contribution in [0.2, 0.25) is 0 Å². The minimum atomic E-state index is 0.501. The molecule has 0 N–H and O–H groups in total. The fraction of sp³-hybridized carbons (Fsp3) is 0.462. The standard InChI is InChI=1S/C13H16N2O/c1-2-6-11(7-3-1)13-14-15-9-5-4-8-12(15)10-16-13/h1-3,6-7,12H,4-5,8-10H2. The first-order valence-corrected chi connectivity index (χ1v) is 5.97. The predicted octanol–water partition coefficient (Wildman–Crippen LogP) is 2.23. The van der Waals surface area contributed by atoms with Crippen LogP contribution in [0.1, 0.15) is 24.8 Å². The average molecular weight is 216 g/mol. The number of piperidine rings is 1. The van der Waals surface area contributed by atoms with Crippen LogP contribution in [0.15, 0.2) is 35.4 Å². The van der Waals surface area contributed by atoms with Gasteiger partial charge in [0.25, 0.3) is 0 Å². The van der Waals surface area contributed by atoms with Crippen molar-refractivity contribution in [1.29, 1.82) is 0 Å². The molecule has 0 bridgehead atoms. The van der Waals surface area contributed by atoms with Gasteiger partial charge in [-0.2, -0.15) is 0 Å². The second-order valence-electron chi connectivity index (χ2n) is 4.39. The summed E-state index contributed by atoms with van der Waals surface area (Å²) in [5.41, 5.74) is 1.08. The van der Waals surface area contributed by atoms with Gasteiger partial charge in [0.05, 0.1) is 6.04 Å². The van der Waals surface area contributed by atoms with Crippen molar-refractivity contribution >= 4 is 5.90 Å². The van der Waals surface area contributed by atoms with Gasteiger partial charge in [-0.1, -0.05) is 18.2 Å². The van der Waals surface area contributed by atoms with E-state index in [2.05, 4.69) is 10.1 Å². The Bertz CT molecular complexity index is 388. The molecule has 16 heavy (non-hydrogen) atoms. The minimum Gasteiger partial charge on any atom is -0.474 e. The van der Waals surface area contributed by atoms with E-state index in [1.165, 1.54) is 19.3 Å². The highest BCUT2D eigenvalue weighted by Crippen LogP contribution is 2.22. The van der Waals surface area contributed by atoms with Gasteiger partial charge in [-0.05, 0) is 31.4 Å². The van der Waals surface area contributed by atoms with E-state index < -0.39 is 0 Å². The normalized spacial score (nSPS) is 24.4. The Morgan fingerprint density at radius 3 is 2.94 bits per heavy atom. The monoisotopic (exact) mass is 216 g/mol. The van der Waals surface area contributed by atoms with Crippen molar-refractivity contribution in [3.05, 3.63) is 35.9 Å². The number of hydrogen-bond donors (Lipinski definition) is 0. The maximum atomic E-state index is 5.74. The second-order valence-corrected chi connectivity index (χ2v) is 4.39. The van der Waals surface area contributed by atoms with Crippen LogP contribution in [0.25, 0.3) is 0 Å². The quantitative estimate of drug-likeness (QED) is 0.719. The molecule has 0 aromatic heterocycles. The Kier molecular flexibility index (Phi) is 2.52. The van der Waals surface area contributed by atoms with Gasteiger partial charge in [0.15, 0.2) is 0 Å². The van der Waals surface area contributed by atoms with Crippen LogP contribution in [0, 0.1) is 0 Å². The van der Waals surface area contributed by atoms with Crippen LogP contribution < -0.4 is 0 Å². The van der Waals surface area contributed by atoms with E-state index in [9.17, 15) is 0 Å². The lowest BCUT2D eigenvalue weighted by atomic mass is 10.0. The van der Waals surface area contributed by atoms with Crippen LogP contribution in [-0.2, 0) is 4.74 Å². The molecule has 3 rings (SSSR count). The topological polar surface area (TPSA) is 24.8 Å². The second kappa shape index (κ2) is 4.16. The lowest BCUT2D eigenvalue weighted by molar-refractivity contribution is 0.0689. The summed E-state index contributed by atoms with van der Waals surface area (Å²) in [5, 5.41) is 6.81. The van der Waals surface area contributed by atoms with Crippen molar-refractivity contribution in [2.45, 2.75) is 25.3 Å². The number of ether oxygens (including phenoxy) is 1. The van der Waals surface area contributed by atoms with Gasteiger partial charge in [0.2, 0.25) is 5.90 Å². The van der Waals surface area contributed by atoms with Crippen LogP contribution in [0.5, 0.6) is 0 Å². The van der Waals surface area contributed by atoms with Crippen LogP contribution >= 0.6 is 0 Å². The van der Waals surface area contributed by atoms with Gasteiger partial charge in [0, 0.05) is 12.1 Å². The summed E-state index contributed by atoms with van der Waals surface area (Å²) in [6.07, 6.45) is 3.77. The van der Waals surface area contributed by atoms with Gasteiger partial charge in [0.1, 0.15) is 6.61 Å². The van der Waals surface area contributed by atoms with E-state index in [0.717, 1.165) is 24.6 Å². The summed E-state index contributed by atoms with van der Waals surface area (Å²) in [4.78, 5) is 0. The maximum Gasteiger partial charge on any atom is 0.238 e. The number of nitrogens with zero attached hydrogens (tertiary/aromatic N) is 2. The lowest BCUT2D eigenvalue weighted by Crippen LogP contribution is -2.43. The fourth-order valence-electron chi connectivity index (χ4n) is 2.33. The lowest BCUT2D eigenvalue weighted by Gasteiger charge is -2.37. The van der Waals surface area contributed by atoms with E-state index in [0.29, 0.717) is 6.04 Å². The molecule has 1 aromatic rings. The molecule has 2 heterocycles. The van der Waals surface area contributed by atoms with Crippen molar-refractivity contribution in [3.8, 4) is 0 Å². The van der Waals surface area contributed by atoms with E-state index in [1.807, 2.05) is 30.3 Å². The number of hydrazone groups is 1. The van der Waals surface area contributed by atoms with E-state index in [-0.39, 0.29) is 0 Å². The molecule has 0 aliphatic carbocycles. The number of hydrogen-bond acceptors (Lipinski definition) is 3. The summed E-state index contributed by atoms with van der Waals surface area (Å²) >= 11 is 0. The highest BCUT2D eigenvalue weighted by atomic mass is 16.5. The highest BCUT2D eigenvalue weighted by molar-refractivity contribution is 5.94. The number of fused-ring (bicyclic) bond motifs is 1. The molecule has 1 unspecified atom stereocenters. The Morgan fingerprint density at radius 2 is 2.06 bits per heavy atom. The summed E-state index contributed by atoms with van der Waals surface area (Å²) in [5.74, 6) is 0.777. The Morgan fingerprint density at radius 1 is 1.19 bits per heavy atom. The average Bonchev–Trinajstić information content (AvgIpc) is 2.39. The summed E-state index contributed by atoms with van der Waals surface area (Å²) < 4.78 is 5.74. The zero-order valence-corrected chi connectivity index (χ0v) is 9.30. The number of rotatable bonds is 1. The van der Waals surface area contributed by atoms with Crippen molar-refractivity contribution < 1.29 is 4.74 Å². The predicted molar refractivity (Wildman–Crippen MR) is 63.3 cm³/mol. The molecule has 0 amide bonds. The van der Waals surface area contributed by atoms with Gasteiger partial charge in [-0.15, -0.1) is 5.10 Å². The molecule has 1 aromatic carbocycles. The van der Waals surface area contributed by atoms with E-state index >= 15 is 0 Å². The van der Waals surface area contributed by atoms with E-state index in [1.54, 1.807) is 0 Å². The number of benzene rings is 1. The Balaban J connectivity index is 1.84. The third kappa shape index (κ3) is 1.77. The highest BCUT2D eigenvalue weighted by Gasteiger charge is 2.27. The van der Waals surface area contributed by atoms with Crippen molar-refractivity contribution in [2.24, 2.45) is 5.10 Å². The van der Waals surface area contributed by atoms with E-state index in [4.69, 9.17) is 4.74 Å². The molecule has 84 valence electrons. The molecular formula is C13H16N2O. The first kappa shape index (κ1) is 9.70. The fourth-order valence-corrected chi connectivity index (χ4v) is 2.33. The van der Waals surface area contributed by atoms with Crippen molar-refractivity contribution in [3.63, 3.8) is 0 Å². The molecular weight excluding hydrogens is 200 g/mol. The summed E-state index contributed by atoms with van der Waals surface area (Å²) in [6.45, 7) is 1.86. The molecule has 0 radical (unpaired) electrons. The molecule has 1 fully saturated rings. The van der Waals surface area contributed by atoms with Crippen molar-refractivity contribution in [1.82, 2.24) is 5.01 Å². The largest absolute Gasteiger partial charge is 0.474 e. The summed E-state index contributed by atoms with van der Waals surface area (Å²) in [7, 11) is 0. The zero-order chi connectivity index (χ0) is 10.8. The van der Waals surface area contributed by atoms with Crippen molar-refractivity contribution in [2.75, 3.05) is 13.2 Å². The molecule has 0 spiro atoms. The molecule has 2 aliphatic heterocycles. The maximum absolute atomic E-state index is 5.74.